The third kappa shape index (κ3) is 4.63. The number of hydrogen-bond donors (Lipinski definition) is 1. The quantitative estimate of drug-likeness (QED) is 0.907. The predicted molar refractivity (Wildman–Crippen MR) is 68.1 cm³/mol. The Kier molecular flexibility index (Phi) is 4.76. The van der Waals surface area contributed by atoms with Crippen molar-refractivity contribution in [2.45, 2.75) is 13.0 Å². The Morgan fingerprint density at radius 3 is 2.60 bits per heavy atom. The van der Waals surface area contributed by atoms with Gasteiger partial charge in [0.1, 0.15) is 9.84 Å². The van der Waals surface area contributed by atoms with Gasteiger partial charge in [0.05, 0.1) is 15.6 Å². The van der Waals surface area contributed by atoms with E-state index in [2.05, 4.69) is 21.2 Å². The lowest BCUT2D eigenvalue weighted by atomic mass is 10.3. The molecule has 0 aromatic carbocycles. The van der Waals surface area contributed by atoms with Crippen molar-refractivity contribution in [2.24, 2.45) is 0 Å². The molecular weight excluding hydrogens is 298 g/mol. The molecule has 0 radical (unpaired) electrons. The standard InChI is InChI=1S/C9H14BrNO2S2/c1-3-11-7(6-15(2,12)13)8-4-5-9(10)14-8/h4-5,7,11H,3,6H2,1-2H3. The largest absolute Gasteiger partial charge is 0.309 e. The number of rotatable bonds is 5. The van der Waals surface area contributed by atoms with Gasteiger partial charge in [0, 0.05) is 11.1 Å². The lowest BCUT2D eigenvalue weighted by Gasteiger charge is -2.14. The summed E-state index contributed by atoms with van der Waals surface area (Å²) in [7, 11) is -2.96. The van der Waals surface area contributed by atoms with Gasteiger partial charge in [-0.2, -0.15) is 0 Å². The minimum absolute atomic E-state index is 0.0960. The van der Waals surface area contributed by atoms with E-state index in [1.54, 1.807) is 11.3 Å². The van der Waals surface area contributed by atoms with Crippen LogP contribution < -0.4 is 5.32 Å². The molecule has 0 saturated carbocycles. The number of hydrogen-bond acceptors (Lipinski definition) is 4. The molecule has 1 unspecified atom stereocenters. The monoisotopic (exact) mass is 311 g/mol. The lowest BCUT2D eigenvalue weighted by Crippen LogP contribution is -2.26. The SMILES string of the molecule is CCNC(CS(C)(=O)=O)c1ccc(Br)s1. The Morgan fingerprint density at radius 2 is 2.20 bits per heavy atom. The second-order valence-electron chi connectivity index (χ2n) is 3.34. The van der Waals surface area contributed by atoms with E-state index in [1.807, 2.05) is 19.1 Å². The fourth-order valence-corrected chi connectivity index (χ4v) is 3.81. The Hall–Kier alpha value is 0.0900. The minimum Gasteiger partial charge on any atom is -0.309 e. The summed E-state index contributed by atoms with van der Waals surface area (Å²) in [6.07, 6.45) is 1.26. The lowest BCUT2D eigenvalue weighted by molar-refractivity contribution is 0.567. The topological polar surface area (TPSA) is 46.2 Å². The van der Waals surface area contributed by atoms with E-state index in [1.165, 1.54) is 6.26 Å². The van der Waals surface area contributed by atoms with Gasteiger partial charge in [-0.15, -0.1) is 11.3 Å². The van der Waals surface area contributed by atoms with Crippen LogP contribution in [0.25, 0.3) is 0 Å². The van der Waals surface area contributed by atoms with Crippen molar-refractivity contribution in [2.75, 3.05) is 18.6 Å². The van der Waals surface area contributed by atoms with Crippen LogP contribution in [-0.2, 0) is 9.84 Å². The highest BCUT2D eigenvalue weighted by molar-refractivity contribution is 9.11. The van der Waals surface area contributed by atoms with Crippen molar-refractivity contribution in [3.8, 4) is 0 Å². The molecule has 1 rings (SSSR count). The molecule has 0 fully saturated rings. The van der Waals surface area contributed by atoms with Gasteiger partial charge in [-0.25, -0.2) is 8.42 Å². The third-order valence-electron chi connectivity index (χ3n) is 1.86. The van der Waals surface area contributed by atoms with Gasteiger partial charge in [-0.3, -0.25) is 0 Å². The predicted octanol–water partition coefficient (Wildman–Crippen LogP) is 2.21. The first-order valence-electron chi connectivity index (χ1n) is 4.58. The maximum atomic E-state index is 11.2. The molecule has 0 amide bonds. The average Bonchev–Trinajstić information content (AvgIpc) is 2.48. The molecule has 1 aromatic heterocycles. The molecular formula is C9H14BrNO2S2. The summed E-state index contributed by atoms with van der Waals surface area (Å²) in [5.74, 6) is 0.147. The molecule has 1 atom stereocenters. The van der Waals surface area contributed by atoms with Crippen LogP contribution in [0.1, 0.15) is 17.8 Å². The first-order valence-corrected chi connectivity index (χ1v) is 8.25. The fraction of sp³-hybridized carbons (Fsp3) is 0.556. The molecule has 1 heterocycles. The first-order chi connectivity index (χ1) is 6.92. The molecule has 15 heavy (non-hydrogen) atoms. The summed E-state index contributed by atoms with van der Waals surface area (Å²) >= 11 is 4.94. The smallest absolute Gasteiger partial charge is 0.149 e. The molecule has 0 spiro atoms. The molecule has 0 aliphatic carbocycles. The van der Waals surface area contributed by atoms with Crippen LogP contribution in [-0.4, -0.2) is 27.0 Å². The van der Waals surface area contributed by atoms with Crippen LogP contribution in [0, 0.1) is 0 Å². The van der Waals surface area contributed by atoms with Crippen LogP contribution in [0.4, 0.5) is 0 Å². The summed E-state index contributed by atoms with van der Waals surface area (Å²) < 4.78 is 23.5. The number of sulfone groups is 1. The number of thiophene rings is 1. The zero-order chi connectivity index (χ0) is 11.5. The maximum Gasteiger partial charge on any atom is 0.149 e. The minimum atomic E-state index is -2.96. The highest BCUT2D eigenvalue weighted by Crippen LogP contribution is 2.27. The van der Waals surface area contributed by atoms with Crippen molar-refractivity contribution >= 4 is 37.1 Å². The van der Waals surface area contributed by atoms with E-state index in [9.17, 15) is 8.42 Å². The second kappa shape index (κ2) is 5.43. The van der Waals surface area contributed by atoms with Gasteiger partial charge >= 0.3 is 0 Å². The van der Waals surface area contributed by atoms with Crippen molar-refractivity contribution < 1.29 is 8.42 Å². The van der Waals surface area contributed by atoms with E-state index >= 15 is 0 Å². The van der Waals surface area contributed by atoms with Gasteiger partial charge < -0.3 is 5.32 Å². The zero-order valence-electron chi connectivity index (χ0n) is 8.66. The van der Waals surface area contributed by atoms with E-state index < -0.39 is 9.84 Å². The van der Waals surface area contributed by atoms with Crippen LogP contribution in [0.2, 0.25) is 0 Å². The van der Waals surface area contributed by atoms with Gasteiger partial charge in [-0.1, -0.05) is 6.92 Å². The average molecular weight is 312 g/mol. The summed E-state index contributed by atoms with van der Waals surface area (Å²) in [6, 6.07) is 3.79. The van der Waals surface area contributed by atoms with Crippen molar-refractivity contribution in [1.29, 1.82) is 0 Å². The fourth-order valence-electron chi connectivity index (χ4n) is 1.31. The summed E-state index contributed by atoms with van der Waals surface area (Å²) in [5, 5.41) is 3.18. The molecule has 1 N–H and O–H groups in total. The van der Waals surface area contributed by atoms with Crippen molar-refractivity contribution in [3.05, 3.63) is 20.8 Å². The summed E-state index contributed by atoms with van der Waals surface area (Å²) in [5.41, 5.74) is 0. The molecule has 3 nitrogen and oxygen atoms in total. The zero-order valence-corrected chi connectivity index (χ0v) is 11.9. The molecule has 0 bridgehead atoms. The van der Waals surface area contributed by atoms with Crippen molar-refractivity contribution in [1.82, 2.24) is 5.32 Å². The van der Waals surface area contributed by atoms with E-state index in [0.717, 1.165) is 15.2 Å². The molecule has 6 heteroatoms. The van der Waals surface area contributed by atoms with Crippen LogP contribution in [0.15, 0.2) is 15.9 Å². The molecule has 1 aromatic rings. The maximum absolute atomic E-state index is 11.2. The highest BCUT2D eigenvalue weighted by Gasteiger charge is 2.17. The summed E-state index contributed by atoms with van der Waals surface area (Å²) in [4.78, 5) is 1.05. The summed E-state index contributed by atoms with van der Waals surface area (Å²) in [6.45, 7) is 2.73. The Morgan fingerprint density at radius 1 is 1.53 bits per heavy atom. The van der Waals surface area contributed by atoms with Gasteiger partial charge in [0.25, 0.3) is 0 Å². The molecule has 0 aliphatic rings. The normalized spacial score (nSPS) is 14.1. The Labute approximate surface area is 103 Å². The van der Waals surface area contributed by atoms with E-state index in [-0.39, 0.29) is 11.8 Å². The highest BCUT2D eigenvalue weighted by atomic mass is 79.9. The van der Waals surface area contributed by atoms with Gasteiger partial charge in [0.2, 0.25) is 0 Å². The van der Waals surface area contributed by atoms with Crippen LogP contribution in [0.5, 0.6) is 0 Å². The Balaban J connectivity index is 2.83. The van der Waals surface area contributed by atoms with Crippen molar-refractivity contribution in [3.63, 3.8) is 0 Å². The van der Waals surface area contributed by atoms with E-state index in [4.69, 9.17) is 0 Å². The number of nitrogens with one attached hydrogen (secondary N) is 1. The molecule has 0 saturated heterocycles. The molecule has 0 aliphatic heterocycles. The van der Waals surface area contributed by atoms with Crippen LogP contribution in [0.3, 0.4) is 0 Å². The van der Waals surface area contributed by atoms with Gasteiger partial charge in [0.15, 0.2) is 0 Å². The van der Waals surface area contributed by atoms with Crippen LogP contribution >= 0.6 is 27.3 Å². The second-order valence-corrected chi connectivity index (χ2v) is 8.02. The number of halogens is 1. The molecule has 86 valence electrons. The first kappa shape index (κ1) is 13.2. The Bertz CT molecular complexity index is 414. The van der Waals surface area contributed by atoms with Gasteiger partial charge in [-0.05, 0) is 34.6 Å². The third-order valence-corrected chi connectivity index (χ3v) is 4.53. The van der Waals surface area contributed by atoms with E-state index in [0.29, 0.717) is 0 Å².